The van der Waals surface area contributed by atoms with Gasteiger partial charge in [0.05, 0.1) is 31.2 Å². The molecule has 0 spiro atoms. The number of alkyl halides is 3. The molecule has 1 amide bonds. The topological polar surface area (TPSA) is 112 Å². The number of methoxy groups -OCH3 is 1. The zero-order valence-corrected chi connectivity index (χ0v) is 22.6. The zero-order chi connectivity index (χ0) is 29.5. The smallest absolute Gasteiger partial charge is 0.433 e. The Labute approximate surface area is 234 Å². The van der Waals surface area contributed by atoms with E-state index in [1.54, 1.807) is 31.2 Å². The molecule has 3 heterocycles. The average molecular weight is 583 g/mol. The number of hydrogen-bond donors (Lipinski definition) is 1. The molecule has 0 radical (unpaired) electrons. The summed E-state index contributed by atoms with van der Waals surface area (Å²) in [4.78, 5) is 42.9. The van der Waals surface area contributed by atoms with Crippen LogP contribution in [0.5, 0.6) is 0 Å². The van der Waals surface area contributed by atoms with Crippen molar-refractivity contribution >= 4 is 50.6 Å². The largest absolute Gasteiger partial charge is 0.465 e. The quantitative estimate of drug-likeness (QED) is 0.239. The van der Waals surface area contributed by atoms with Crippen molar-refractivity contribution in [3.63, 3.8) is 0 Å². The van der Waals surface area contributed by atoms with Crippen LogP contribution in [-0.2, 0) is 15.7 Å². The van der Waals surface area contributed by atoms with E-state index in [4.69, 9.17) is 9.47 Å². The standard InChI is InChI=1S/C28H21F3N4O5S/c1-4-40-27(38)22-14(2)21(26(37)39-3)25(41-22)34-24(36)18-13-32-35-20(28(29,30)31)12-19(33-23(18)35)17-11-7-9-15-8-5-6-10-16(15)17/h5-13H,4H2,1-3H3,(H,34,36). The average Bonchev–Trinajstić information content (AvgIpc) is 3.52. The van der Waals surface area contributed by atoms with Crippen LogP contribution in [0.15, 0.2) is 54.7 Å². The number of nitrogens with one attached hydrogen (secondary N) is 1. The van der Waals surface area contributed by atoms with E-state index in [9.17, 15) is 27.6 Å². The molecule has 0 aliphatic heterocycles. The molecule has 1 N–H and O–H groups in total. The molecule has 9 nitrogen and oxygen atoms in total. The molecule has 5 rings (SSSR count). The number of nitrogens with zero attached hydrogens (tertiary/aromatic N) is 3. The molecule has 41 heavy (non-hydrogen) atoms. The van der Waals surface area contributed by atoms with Crippen LogP contribution in [0.3, 0.4) is 0 Å². The van der Waals surface area contributed by atoms with Crippen molar-refractivity contribution in [2.45, 2.75) is 20.0 Å². The highest BCUT2D eigenvalue weighted by Gasteiger charge is 2.36. The van der Waals surface area contributed by atoms with Crippen LogP contribution in [0.2, 0.25) is 0 Å². The summed E-state index contributed by atoms with van der Waals surface area (Å²) in [5.41, 5.74) is -1.18. The van der Waals surface area contributed by atoms with Crippen LogP contribution in [0.25, 0.3) is 27.7 Å². The Hall–Kier alpha value is -4.78. The van der Waals surface area contributed by atoms with Gasteiger partial charge in [-0.1, -0.05) is 42.5 Å². The van der Waals surface area contributed by atoms with Gasteiger partial charge < -0.3 is 14.8 Å². The van der Waals surface area contributed by atoms with Crippen molar-refractivity contribution in [2.24, 2.45) is 0 Å². The van der Waals surface area contributed by atoms with Crippen molar-refractivity contribution in [1.29, 1.82) is 0 Å². The number of ether oxygens (including phenoxy) is 2. The molecular weight excluding hydrogens is 561 g/mol. The highest BCUT2D eigenvalue weighted by atomic mass is 32.1. The van der Waals surface area contributed by atoms with Gasteiger partial charge in [0.25, 0.3) is 5.91 Å². The number of esters is 2. The predicted octanol–water partition coefficient (Wildman–Crippen LogP) is 6.15. The highest BCUT2D eigenvalue weighted by Crippen LogP contribution is 2.37. The summed E-state index contributed by atoms with van der Waals surface area (Å²) in [6.45, 7) is 3.19. The fraction of sp³-hybridized carbons (Fsp3) is 0.179. The number of anilines is 1. The molecule has 0 saturated carbocycles. The molecule has 2 aromatic carbocycles. The van der Waals surface area contributed by atoms with Gasteiger partial charge in [-0.15, -0.1) is 11.3 Å². The fourth-order valence-electron chi connectivity index (χ4n) is 4.42. The summed E-state index contributed by atoms with van der Waals surface area (Å²) >= 11 is 0.783. The first-order chi connectivity index (χ1) is 19.5. The maximum absolute atomic E-state index is 14.2. The van der Waals surface area contributed by atoms with Crippen molar-refractivity contribution in [1.82, 2.24) is 14.6 Å². The summed E-state index contributed by atoms with van der Waals surface area (Å²) in [6, 6.07) is 13.2. The minimum absolute atomic E-state index is 0.0111. The lowest BCUT2D eigenvalue weighted by atomic mass is 10.0. The summed E-state index contributed by atoms with van der Waals surface area (Å²) in [6.07, 6.45) is -3.86. The number of aromatic nitrogens is 3. The van der Waals surface area contributed by atoms with Crippen LogP contribution >= 0.6 is 11.3 Å². The van der Waals surface area contributed by atoms with E-state index in [-0.39, 0.29) is 44.5 Å². The second-order valence-corrected chi connectivity index (χ2v) is 9.79. The van der Waals surface area contributed by atoms with Crippen LogP contribution in [0.1, 0.15) is 48.6 Å². The predicted molar refractivity (Wildman–Crippen MR) is 145 cm³/mol. The van der Waals surface area contributed by atoms with Gasteiger partial charge in [0, 0.05) is 5.56 Å². The second kappa shape index (κ2) is 10.7. The van der Waals surface area contributed by atoms with Crippen LogP contribution < -0.4 is 5.32 Å². The number of halogens is 3. The molecular formula is C28H21F3N4O5S. The summed E-state index contributed by atoms with van der Waals surface area (Å²) in [5.74, 6) is -2.41. The van der Waals surface area contributed by atoms with Gasteiger partial charge in [-0.2, -0.15) is 18.3 Å². The number of carbonyl (C=O) groups is 3. The summed E-state index contributed by atoms with van der Waals surface area (Å²) in [7, 11) is 1.14. The Balaban J connectivity index is 1.65. The molecule has 0 bridgehead atoms. The van der Waals surface area contributed by atoms with Crippen molar-refractivity contribution in [3.05, 3.63) is 82.0 Å². The van der Waals surface area contributed by atoms with Gasteiger partial charge in [0.1, 0.15) is 15.4 Å². The fourth-order valence-corrected chi connectivity index (χ4v) is 5.51. The molecule has 0 aliphatic rings. The lowest BCUT2D eigenvalue weighted by molar-refractivity contribution is -0.142. The monoisotopic (exact) mass is 582 g/mol. The lowest BCUT2D eigenvalue weighted by Gasteiger charge is -2.13. The maximum Gasteiger partial charge on any atom is 0.433 e. The Morgan fingerprint density at radius 1 is 1.07 bits per heavy atom. The number of rotatable bonds is 6. The van der Waals surface area contributed by atoms with E-state index in [1.165, 1.54) is 6.92 Å². The summed E-state index contributed by atoms with van der Waals surface area (Å²) in [5, 5.41) is 7.76. The van der Waals surface area contributed by atoms with Crippen molar-refractivity contribution < 1.29 is 37.0 Å². The van der Waals surface area contributed by atoms with E-state index in [2.05, 4.69) is 15.4 Å². The molecule has 0 atom stereocenters. The number of amides is 1. The number of fused-ring (bicyclic) bond motifs is 2. The molecule has 13 heteroatoms. The summed E-state index contributed by atoms with van der Waals surface area (Å²) < 4.78 is 52.9. The van der Waals surface area contributed by atoms with Crippen LogP contribution in [0.4, 0.5) is 18.2 Å². The maximum atomic E-state index is 14.2. The Morgan fingerprint density at radius 2 is 1.80 bits per heavy atom. The van der Waals surface area contributed by atoms with Crippen molar-refractivity contribution in [2.75, 3.05) is 19.0 Å². The van der Waals surface area contributed by atoms with E-state index in [0.29, 0.717) is 15.5 Å². The first-order valence-corrected chi connectivity index (χ1v) is 13.0. The van der Waals surface area contributed by atoms with Crippen LogP contribution in [0, 0.1) is 6.92 Å². The van der Waals surface area contributed by atoms with E-state index >= 15 is 0 Å². The first kappa shape index (κ1) is 27.8. The molecule has 0 aliphatic carbocycles. The molecule has 5 aromatic rings. The number of benzene rings is 2. The normalized spacial score (nSPS) is 11.6. The van der Waals surface area contributed by atoms with E-state index in [0.717, 1.165) is 36.1 Å². The Morgan fingerprint density at radius 3 is 2.51 bits per heavy atom. The van der Waals surface area contributed by atoms with Gasteiger partial charge in [-0.3, -0.25) is 4.79 Å². The number of carbonyl (C=O) groups excluding carboxylic acids is 3. The SMILES string of the molecule is CCOC(=O)c1sc(NC(=O)c2cnn3c(C(F)(F)F)cc(-c4cccc5ccccc45)nc23)c(C(=O)OC)c1C. The molecule has 0 unspecified atom stereocenters. The van der Waals surface area contributed by atoms with Crippen LogP contribution in [-0.4, -0.2) is 46.2 Å². The third-order valence-electron chi connectivity index (χ3n) is 6.30. The van der Waals surface area contributed by atoms with Gasteiger partial charge in [-0.25, -0.2) is 19.1 Å². The number of thiophene rings is 1. The second-order valence-electron chi connectivity index (χ2n) is 8.77. The molecule has 210 valence electrons. The zero-order valence-electron chi connectivity index (χ0n) is 21.8. The molecule has 3 aromatic heterocycles. The van der Waals surface area contributed by atoms with Gasteiger partial charge >= 0.3 is 18.1 Å². The lowest BCUT2D eigenvalue weighted by Crippen LogP contribution is -2.16. The molecule has 0 saturated heterocycles. The van der Waals surface area contributed by atoms with Gasteiger partial charge in [0.2, 0.25) is 0 Å². The highest BCUT2D eigenvalue weighted by molar-refractivity contribution is 7.18. The van der Waals surface area contributed by atoms with Gasteiger partial charge in [-0.05, 0) is 36.2 Å². The third kappa shape index (κ3) is 4.99. The minimum Gasteiger partial charge on any atom is -0.465 e. The van der Waals surface area contributed by atoms with Gasteiger partial charge in [0.15, 0.2) is 11.3 Å². The Bertz CT molecular complexity index is 1840. The first-order valence-electron chi connectivity index (χ1n) is 12.2. The minimum atomic E-state index is -4.82. The Kier molecular flexibility index (Phi) is 7.22. The van der Waals surface area contributed by atoms with E-state index < -0.39 is 29.7 Å². The molecule has 0 fully saturated rings. The number of hydrogen-bond acceptors (Lipinski definition) is 8. The van der Waals surface area contributed by atoms with E-state index in [1.807, 2.05) is 18.2 Å². The van der Waals surface area contributed by atoms with Crippen molar-refractivity contribution in [3.8, 4) is 11.3 Å². The third-order valence-corrected chi connectivity index (χ3v) is 7.48.